The van der Waals surface area contributed by atoms with E-state index in [2.05, 4.69) is 24.8 Å². The van der Waals surface area contributed by atoms with Crippen LogP contribution in [0.25, 0.3) is 0 Å². The molecule has 0 saturated carbocycles. The maximum Gasteiger partial charge on any atom is 0.0991 e. The van der Waals surface area contributed by atoms with Crippen molar-refractivity contribution in [2.45, 2.75) is 26.7 Å². The number of aliphatic hydroxyl groups is 1. The average molecular weight is 227 g/mol. The Kier molecular flexibility index (Phi) is 4.76. The highest BCUT2D eigenvalue weighted by Crippen LogP contribution is 2.23. The van der Waals surface area contributed by atoms with Crippen molar-refractivity contribution in [2.75, 3.05) is 6.61 Å². The van der Waals surface area contributed by atoms with Crippen LogP contribution in [0.1, 0.15) is 37.8 Å². The molecule has 0 heterocycles. The monoisotopic (exact) mass is 227 g/mol. The molecule has 1 aromatic rings. The molecule has 2 nitrogen and oxygen atoms in total. The van der Waals surface area contributed by atoms with E-state index in [1.165, 1.54) is 0 Å². The lowest BCUT2D eigenvalue weighted by molar-refractivity contribution is 0.142. The minimum atomic E-state index is -0.112. The van der Waals surface area contributed by atoms with Crippen molar-refractivity contribution in [3.63, 3.8) is 0 Å². The molecule has 1 unspecified atom stereocenters. The number of hydrogen-bond donors (Lipinski definition) is 1. The van der Waals surface area contributed by atoms with Gasteiger partial charge in [0.25, 0.3) is 0 Å². The molecule has 0 radical (unpaired) electrons. The number of hydrogen-bond acceptors (Lipinski definition) is 2. The third-order valence-corrected chi connectivity index (χ3v) is 3.00. The van der Waals surface area contributed by atoms with Gasteiger partial charge in [0.1, 0.15) is 0 Å². The van der Waals surface area contributed by atoms with Crippen LogP contribution in [0.15, 0.2) is 24.3 Å². The van der Waals surface area contributed by atoms with Gasteiger partial charge in [0.05, 0.1) is 11.6 Å². The van der Waals surface area contributed by atoms with E-state index in [0.717, 1.165) is 12.0 Å². The summed E-state index contributed by atoms with van der Waals surface area (Å²) in [5, 5.41) is 17.9. The average Bonchev–Trinajstić information content (AvgIpc) is 2.39. The van der Waals surface area contributed by atoms with E-state index < -0.39 is 0 Å². The Bertz CT molecular complexity index is 452. The zero-order valence-electron chi connectivity index (χ0n) is 10.3. The number of nitriles is 1. The lowest BCUT2D eigenvalue weighted by Gasteiger charge is -2.22. The fraction of sp³-hybridized carbons (Fsp3) is 0.400. The first-order valence-corrected chi connectivity index (χ1v) is 5.73. The first-order valence-electron chi connectivity index (χ1n) is 5.73. The van der Waals surface area contributed by atoms with Crippen LogP contribution in [0.3, 0.4) is 0 Å². The van der Waals surface area contributed by atoms with Crippen LogP contribution < -0.4 is 0 Å². The van der Waals surface area contributed by atoms with Gasteiger partial charge in [-0.25, -0.2) is 0 Å². The predicted octanol–water partition coefficient (Wildman–Crippen LogP) is 2.71. The first kappa shape index (κ1) is 13.3. The molecule has 0 spiro atoms. The van der Waals surface area contributed by atoms with Gasteiger partial charge in [0.15, 0.2) is 0 Å². The summed E-state index contributed by atoms with van der Waals surface area (Å²) in [6.07, 6.45) is 1.59. The third-order valence-electron chi connectivity index (χ3n) is 3.00. The Morgan fingerprint density at radius 2 is 1.82 bits per heavy atom. The van der Waals surface area contributed by atoms with Gasteiger partial charge in [-0.15, -0.1) is 0 Å². The number of nitrogens with zero attached hydrogens (tertiary/aromatic N) is 1. The standard InChI is InChI=1S/C15H17NO/c1-3-15(2,12-17)10-4-5-13-6-8-14(11-16)9-7-13/h6-9,17H,3,10,12H2,1-2H3. The van der Waals surface area contributed by atoms with Crippen LogP contribution in [-0.4, -0.2) is 11.7 Å². The minimum absolute atomic E-state index is 0.112. The quantitative estimate of drug-likeness (QED) is 0.807. The van der Waals surface area contributed by atoms with E-state index in [1.807, 2.05) is 19.1 Å². The summed E-state index contributed by atoms with van der Waals surface area (Å²) in [6, 6.07) is 9.27. The molecule has 0 aromatic heterocycles. The van der Waals surface area contributed by atoms with Gasteiger partial charge >= 0.3 is 0 Å². The van der Waals surface area contributed by atoms with Crippen molar-refractivity contribution in [3.8, 4) is 17.9 Å². The Hall–Kier alpha value is -1.77. The van der Waals surface area contributed by atoms with Gasteiger partial charge in [-0.1, -0.05) is 25.7 Å². The number of rotatable bonds is 3. The van der Waals surface area contributed by atoms with Crippen molar-refractivity contribution in [1.29, 1.82) is 5.26 Å². The highest BCUT2D eigenvalue weighted by atomic mass is 16.3. The molecule has 0 saturated heterocycles. The molecule has 0 aliphatic heterocycles. The third kappa shape index (κ3) is 3.94. The van der Waals surface area contributed by atoms with Gasteiger partial charge in [0, 0.05) is 24.0 Å². The zero-order valence-corrected chi connectivity index (χ0v) is 10.3. The second-order valence-corrected chi connectivity index (χ2v) is 4.49. The molecule has 17 heavy (non-hydrogen) atoms. The normalized spacial score (nSPS) is 13.1. The molecule has 1 N–H and O–H groups in total. The van der Waals surface area contributed by atoms with Crippen LogP contribution in [-0.2, 0) is 0 Å². The summed E-state index contributed by atoms with van der Waals surface area (Å²) in [6.45, 7) is 4.24. The topological polar surface area (TPSA) is 44.0 Å². The highest BCUT2D eigenvalue weighted by Gasteiger charge is 2.18. The van der Waals surface area contributed by atoms with E-state index >= 15 is 0 Å². The minimum Gasteiger partial charge on any atom is -0.396 e. The van der Waals surface area contributed by atoms with Gasteiger partial charge in [0.2, 0.25) is 0 Å². The van der Waals surface area contributed by atoms with Gasteiger partial charge in [-0.3, -0.25) is 0 Å². The van der Waals surface area contributed by atoms with Crippen molar-refractivity contribution < 1.29 is 5.11 Å². The SMILES string of the molecule is CCC(C)(CO)CC#Cc1ccc(C#N)cc1. The molecule has 1 atom stereocenters. The van der Waals surface area contributed by atoms with E-state index in [4.69, 9.17) is 5.26 Å². The Labute approximate surface area is 103 Å². The maximum absolute atomic E-state index is 9.25. The fourth-order valence-electron chi connectivity index (χ4n) is 1.28. The summed E-state index contributed by atoms with van der Waals surface area (Å²) >= 11 is 0. The molecule has 88 valence electrons. The Balaban J connectivity index is 2.69. The maximum atomic E-state index is 9.25. The molecule has 0 amide bonds. The largest absolute Gasteiger partial charge is 0.396 e. The van der Waals surface area contributed by atoms with Crippen LogP contribution >= 0.6 is 0 Å². The summed E-state index contributed by atoms with van der Waals surface area (Å²) in [5.74, 6) is 6.14. The molecule has 0 fully saturated rings. The van der Waals surface area contributed by atoms with Crippen molar-refractivity contribution >= 4 is 0 Å². The zero-order chi connectivity index (χ0) is 12.7. The molecule has 0 bridgehead atoms. The summed E-state index contributed by atoms with van der Waals surface area (Å²) in [4.78, 5) is 0. The number of benzene rings is 1. The van der Waals surface area contributed by atoms with Crippen LogP contribution in [0.5, 0.6) is 0 Å². The fourth-order valence-corrected chi connectivity index (χ4v) is 1.28. The van der Waals surface area contributed by atoms with E-state index in [1.54, 1.807) is 12.1 Å². The Morgan fingerprint density at radius 3 is 2.29 bits per heavy atom. The second-order valence-electron chi connectivity index (χ2n) is 4.49. The van der Waals surface area contributed by atoms with Crippen LogP contribution in [0.2, 0.25) is 0 Å². The lowest BCUT2D eigenvalue weighted by Crippen LogP contribution is -2.19. The Morgan fingerprint density at radius 1 is 1.24 bits per heavy atom. The van der Waals surface area contributed by atoms with Crippen molar-refractivity contribution in [2.24, 2.45) is 5.41 Å². The van der Waals surface area contributed by atoms with Crippen LogP contribution in [0.4, 0.5) is 0 Å². The molecule has 0 aliphatic rings. The molecule has 1 rings (SSSR count). The van der Waals surface area contributed by atoms with Crippen molar-refractivity contribution in [3.05, 3.63) is 35.4 Å². The first-order chi connectivity index (χ1) is 8.13. The summed E-state index contributed by atoms with van der Waals surface area (Å²) in [5.41, 5.74) is 1.43. The van der Waals surface area contributed by atoms with Crippen LogP contribution in [0, 0.1) is 28.6 Å². The summed E-state index contributed by atoms with van der Waals surface area (Å²) in [7, 11) is 0. The number of aliphatic hydroxyl groups excluding tert-OH is 1. The highest BCUT2D eigenvalue weighted by molar-refractivity contribution is 5.39. The van der Waals surface area contributed by atoms with Gasteiger partial charge in [-0.2, -0.15) is 5.26 Å². The molecule has 0 aliphatic carbocycles. The second kappa shape index (κ2) is 6.09. The molecular formula is C15H17NO. The van der Waals surface area contributed by atoms with E-state index in [-0.39, 0.29) is 12.0 Å². The van der Waals surface area contributed by atoms with Gasteiger partial charge in [-0.05, 0) is 30.7 Å². The van der Waals surface area contributed by atoms with E-state index in [0.29, 0.717) is 12.0 Å². The molecule has 1 aromatic carbocycles. The smallest absolute Gasteiger partial charge is 0.0991 e. The molecule has 2 heteroatoms. The molecular weight excluding hydrogens is 210 g/mol. The van der Waals surface area contributed by atoms with Crippen molar-refractivity contribution in [1.82, 2.24) is 0 Å². The van der Waals surface area contributed by atoms with E-state index in [9.17, 15) is 5.11 Å². The lowest BCUT2D eigenvalue weighted by atomic mass is 9.85. The predicted molar refractivity (Wildman–Crippen MR) is 68.1 cm³/mol. The summed E-state index contributed by atoms with van der Waals surface area (Å²) < 4.78 is 0. The van der Waals surface area contributed by atoms with Gasteiger partial charge < -0.3 is 5.11 Å².